The third-order valence-electron chi connectivity index (χ3n) is 22.9. The fourth-order valence-electron chi connectivity index (χ4n) is 17.6. The Morgan fingerprint density at radius 1 is 0.161 bits per heavy atom. The van der Waals surface area contributed by atoms with Crippen LogP contribution in [0.1, 0.15) is 0 Å². The third kappa shape index (κ3) is 11.8. The molecule has 0 saturated carbocycles. The molecule has 0 radical (unpaired) electrons. The van der Waals surface area contributed by atoms with Gasteiger partial charge in [0.05, 0.1) is 27.8 Å². The van der Waals surface area contributed by atoms with Crippen molar-refractivity contribution in [2.75, 3.05) is 0 Å². The molecule has 526 valence electrons. The molecule has 17 aromatic carbocycles. The van der Waals surface area contributed by atoms with Crippen LogP contribution >= 0.6 is 0 Å². The van der Waals surface area contributed by atoms with Gasteiger partial charge in [-0.05, 0) is 133 Å². The summed E-state index contributed by atoms with van der Waals surface area (Å²) in [5.41, 5.74) is 19.8. The van der Waals surface area contributed by atoms with Crippen LogP contribution < -0.4 is 41.5 Å². The van der Waals surface area contributed by atoms with Crippen LogP contribution in [0.4, 0.5) is 0 Å². The van der Waals surface area contributed by atoms with Crippen molar-refractivity contribution in [1.29, 1.82) is 0 Å². The summed E-state index contributed by atoms with van der Waals surface area (Å²) in [6.45, 7) is 0. The van der Waals surface area contributed by atoms with Crippen molar-refractivity contribution >= 4 is 101 Å². The molecule has 112 heavy (non-hydrogen) atoms. The van der Waals surface area contributed by atoms with E-state index in [2.05, 4.69) is 458 Å². The van der Waals surface area contributed by atoms with Crippen LogP contribution in [0.2, 0.25) is 0 Å². The third-order valence-corrected chi connectivity index (χ3v) is 32.4. The van der Waals surface area contributed by atoms with Crippen LogP contribution in [0, 0.1) is 0 Å². The second-order valence-electron chi connectivity index (χ2n) is 29.1. The van der Waals surface area contributed by atoms with Crippen molar-refractivity contribution in [3.05, 3.63) is 449 Å². The highest BCUT2D eigenvalue weighted by Gasteiger charge is 2.47. The molecule has 3 aromatic heterocycles. The minimum absolute atomic E-state index is 0.569. The number of hydrogen-bond acceptors (Lipinski definition) is 2. The van der Waals surface area contributed by atoms with Gasteiger partial charge in [0.1, 0.15) is 5.82 Å². The molecule has 0 N–H and O–H groups in total. The number of fused-ring (bicyclic) bond motifs is 6. The first-order valence-corrected chi connectivity index (χ1v) is 42.5. The van der Waals surface area contributed by atoms with E-state index in [1.807, 2.05) is 0 Å². The maximum atomic E-state index is 6.14. The normalized spacial score (nSPS) is 11.8. The van der Waals surface area contributed by atoms with Gasteiger partial charge in [-0.3, -0.25) is 9.13 Å². The molecule has 0 unspecified atom stereocenters. The van der Waals surface area contributed by atoms with Gasteiger partial charge >= 0.3 is 0 Å². The second-order valence-corrected chi connectivity index (χ2v) is 36.7. The molecule has 0 atom stereocenters. The number of rotatable bonds is 17. The fraction of sp³-hybridized carbons (Fsp3) is 0. The number of para-hydroxylation sites is 4. The Morgan fingerprint density at radius 3 is 0.625 bits per heavy atom. The number of benzene rings is 17. The zero-order chi connectivity index (χ0) is 74.4. The molecule has 0 aliphatic rings. The van der Waals surface area contributed by atoms with Gasteiger partial charge in [0, 0.05) is 33.2 Å². The van der Waals surface area contributed by atoms with Crippen LogP contribution in [0.3, 0.4) is 0 Å². The fourth-order valence-corrected chi connectivity index (χ4v) is 27.2. The lowest BCUT2D eigenvalue weighted by Gasteiger charge is -2.39. The maximum Gasteiger partial charge on any atom is 0.237 e. The lowest BCUT2D eigenvalue weighted by atomic mass is 10.1. The van der Waals surface area contributed by atoms with E-state index in [0.717, 1.165) is 127 Å². The molecule has 0 aliphatic carbocycles. The Labute approximate surface area is 654 Å². The quantitative estimate of drug-likeness (QED) is 0.0673. The minimum Gasteiger partial charge on any atom is -0.294 e. The Morgan fingerprint density at radius 2 is 0.375 bits per heavy atom. The van der Waals surface area contributed by atoms with Crippen molar-refractivity contribution in [2.24, 2.45) is 0 Å². The first-order chi connectivity index (χ1) is 55.5. The Bertz CT molecular complexity index is 5860. The Kier molecular flexibility index (Phi) is 17.3. The number of nitrogens with zero attached hydrogens (tertiary/aromatic N) is 4. The molecule has 0 amide bonds. The molecule has 20 aromatic rings. The zero-order valence-electron chi connectivity index (χ0n) is 61.5. The van der Waals surface area contributed by atoms with E-state index in [9.17, 15) is 0 Å². The molecule has 0 spiro atoms. The van der Waals surface area contributed by atoms with E-state index in [1.54, 1.807) is 0 Å². The van der Waals surface area contributed by atoms with E-state index in [1.165, 1.54) is 41.5 Å². The molecule has 0 fully saturated rings. The minimum atomic E-state index is -3.72. The summed E-state index contributed by atoms with van der Waals surface area (Å²) >= 11 is 0. The molecule has 0 bridgehead atoms. The van der Waals surface area contributed by atoms with Crippen molar-refractivity contribution in [3.63, 3.8) is 0 Å². The lowest BCUT2D eigenvalue weighted by molar-refractivity contribution is 0.952. The van der Waals surface area contributed by atoms with Crippen molar-refractivity contribution in [3.8, 4) is 89.8 Å². The van der Waals surface area contributed by atoms with E-state index >= 15 is 0 Å². The average molecular weight is 1460 g/mol. The van der Waals surface area contributed by atoms with Gasteiger partial charge in [-0.1, -0.05) is 419 Å². The molecule has 0 saturated heterocycles. The Hall–Kier alpha value is -14.1. The highest BCUT2D eigenvalue weighted by Crippen LogP contribution is 2.37. The maximum absolute atomic E-state index is 6.14. The van der Waals surface area contributed by atoms with Gasteiger partial charge in [-0.15, -0.1) is 0 Å². The molecular formula is C106H74N4Si2. The van der Waals surface area contributed by atoms with Gasteiger partial charge in [0.2, 0.25) is 5.95 Å². The average Bonchev–Trinajstić information content (AvgIpc) is 0.904. The first-order valence-electron chi connectivity index (χ1n) is 38.5. The highest BCUT2D eigenvalue weighted by molar-refractivity contribution is 7.22. The predicted molar refractivity (Wildman–Crippen MR) is 476 cm³/mol. The van der Waals surface area contributed by atoms with Crippen molar-refractivity contribution in [1.82, 2.24) is 19.1 Å². The van der Waals surface area contributed by atoms with E-state index in [-0.39, 0.29) is 0 Å². The molecular weight excluding hydrogens is 1390 g/mol. The van der Waals surface area contributed by atoms with Crippen LogP contribution in [0.25, 0.3) is 133 Å². The van der Waals surface area contributed by atoms with Crippen LogP contribution in [-0.4, -0.2) is 35.2 Å². The summed E-state index contributed by atoms with van der Waals surface area (Å²) in [5, 5.41) is 14.4. The topological polar surface area (TPSA) is 35.6 Å². The monoisotopic (exact) mass is 1460 g/mol. The van der Waals surface area contributed by atoms with Crippen molar-refractivity contribution < 1.29 is 0 Å². The Balaban J connectivity index is 0.964. The summed E-state index contributed by atoms with van der Waals surface area (Å²) < 4.78 is 4.66. The van der Waals surface area contributed by atoms with Crippen LogP contribution in [0.15, 0.2) is 449 Å². The van der Waals surface area contributed by atoms with E-state index < -0.39 is 16.1 Å². The van der Waals surface area contributed by atoms with E-state index in [4.69, 9.17) is 9.97 Å². The predicted octanol–water partition coefficient (Wildman–Crippen LogP) is 21.1. The van der Waals surface area contributed by atoms with E-state index in [0.29, 0.717) is 5.95 Å². The standard InChI is InChI=1S/C106H74N4Si2/c1-7-27-75(28-8-1)81-47-59-88(60-48-81)111(89-61-49-82(50-62-89)76-29-9-2-10-30-76,90-63-51-83(52-64-90)77-31-11-3-12-32-77)94-71-87(100-74-105(109-101-43-23-19-39-96(101)97-40-20-24-44-102(97)109)108-106(107-100)110-103-45-25-21-41-98(103)99-42-22-26-46-104(99)110)72-95(73-94)112(91-65-53-84(54-66-91)78-33-13-4-14-34-78,92-67-55-85(56-68-92)79-35-15-5-16-36-79)93-69-57-86(58-70-93)80-37-17-6-18-38-80/h1-74H. The van der Waals surface area contributed by atoms with Crippen LogP contribution in [-0.2, 0) is 0 Å². The molecule has 0 aliphatic heterocycles. The number of aromatic nitrogens is 4. The largest absolute Gasteiger partial charge is 0.294 e. The lowest BCUT2D eigenvalue weighted by Crippen LogP contribution is -2.78. The summed E-state index contributed by atoms with van der Waals surface area (Å²) in [5.74, 6) is 1.33. The molecule has 3 heterocycles. The van der Waals surface area contributed by atoms with Gasteiger partial charge in [0.25, 0.3) is 0 Å². The van der Waals surface area contributed by atoms with Crippen LogP contribution in [0.5, 0.6) is 0 Å². The molecule has 20 rings (SSSR count). The van der Waals surface area contributed by atoms with Gasteiger partial charge in [-0.25, -0.2) is 4.98 Å². The van der Waals surface area contributed by atoms with Gasteiger partial charge in [-0.2, -0.15) is 4.98 Å². The summed E-state index contributed by atoms with van der Waals surface area (Å²) in [6, 6.07) is 168. The highest BCUT2D eigenvalue weighted by atomic mass is 28.3. The summed E-state index contributed by atoms with van der Waals surface area (Å²) in [4.78, 5) is 12.0. The second kappa shape index (κ2) is 28.8. The summed E-state index contributed by atoms with van der Waals surface area (Å²) in [7, 11) is -7.44. The number of hydrogen-bond donors (Lipinski definition) is 0. The summed E-state index contributed by atoms with van der Waals surface area (Å²) in [6.07, 6.45) is 0. The smallest absolute Gasteiger partial charge is 0.237 e. The van der Waals surface area contributed by atoms with Gasteiger partial charge in [0.15, 0.2) is 16.1 Å². The zero-order valence-corrected chi connectivity index (χ0v) is 63.5. The van der Waals surface area contributed by atoms with Crippen molar-refractivity contribution in [2.45, 2.75) is 0 Å². The van der Waals surface area contributed by atoms with Gasteiger partial charge < -0.3 is 0 Å². The first kappa shape index (κ1) is 67.2. The molecule has 4 nitrogen and oxygen atoms in total. The SMILES string of the molecule is c1ccc(-c2ccc([Si](c3ccc(-c4ccccc4)cc3)(c3ccc(-c4ccccc4)cc3)c3cc(-c4cc(-n5c6ccccc6c6ccccc65)nc(-n5c6ccccc6c6ccccc65)n4)cc([Si](c4ccc(-c5ccccc5)cc4)(c4ccc(-c5ccccc5)cc4)c4ccc(-c5ccccc5)cc4)c3)cc2)cc1. The molecule has 6 heteroatoms.